The Morgan fingerprint density at radius 1 is 0.854 bits per heavy atom. The highest BCUT2D eigenvalue weighted by molar-refractivity contribution is 7.90. The number of nitrogens with zero attached hydrogens (tertiary/aromatic N) is 7. The molecule has 0 radical (unpaired) electrons. The number of thiazole rings is 1. The summed E-state index contributed by atoms with van der Waals surface area (Å²) in [5.41, 5.74) is 4.82. The number of ketones is 1. The van der Waals surface area contributed by atoms with Crippen molar-refractivity contribution in [2.75, 3.05) is 94.8 Å². The van der Waals surface area contributed by atoms with Gasteiger partial charge in [0.1, 0.15) is 49.0 Å². The molecular weight excluding hydrogens is 1200 g/mol. The number of halogens is 3. The molecule has 0 unspecified atom stereocenters. The summed E-state index contributed by atoms with van der Waals surface area (Å²) in [7, 11) is -4.39. The number of likely N-dealkylation sites (tertiary alicyclic amines) is 1. The number of hydrogen-bond acceptors (Lipinski definition) is 16. The summed E-state index contributed by atoms with van der Waals surface area (Å²) in [6, 6.07) is 16.9. The smallest absolute Gasteiger partial charge is 0.332 e. The average molecular weight is 1270 g/mol. The highest BCUT2D eigenvalue weighted by Crippen LogP contribution is 2.34. The van der Waals surface area contributed by atoms with Gasteiger partial charge in [-0.3, -0.25) is 28.8 Å². The number of fused-ring (bicyclic) bond motifs is 1. The minimum atomic E-state index is -4.39. The molecule has 0 saturated carbocycles. The quantitative estimate of drug-likeness (QED) is 0.0376. The third kappa shape index (κ3) is 15.4. The zero-order valence-corrected chi connectivity index (χ0v) is 51.4. The summed E-state index contributed by atoms with van der Waals surface area (Å²) in [6.45, 7) is 11.0. The summed E-state index contributed by atoms with van der Waals surface area (Å²) in [5, 5.41) is 15.2. The second kappa shape index (κ2) is 27.5. The standard InChI is InChI=1S/C62H72F3N11O11S2/c1-37-57(88-36-69-37)41-7-5-38(6-8-41)27-68-60(82)50-26-45(87-53(80)35-86-34-52(78)79)32-76(50)61(83)58(62(2,3)4)70-51(77)33-73-23-21-72(22-24-73)30-39-15-18-74(19-16-39)44-11-9-40(10-12-44)42-25-46-47(29-67-59(46)66-28-42)56(81)54-48(64)13-14-49(55(54)65)71-89(84,85)75-20-17-43(63)31-75/h5-14,25,28-29,36,39,43,45,50,58,71H,15-24,26-27,30-35H2,1-4H3,(H,66,67)(H,68,82)(H,70,77)(H,78,79)/t43-,45-,50+,58-/m1/s1. The van der Waals surface area contributed by atoms with Crippen LogP contribution >= 0.6 is 11.3 Å². The Hall–Kier alpha value is -7.82. The monoisotopic (exact) mass is 1270 g/mol. The van der Waals surface area contributed by atoms with Crippen molar-refractivity contribution in [2.45, 2.75) is 84.3 Å². The summed E-state index contributed by atoms with van der Waals surface area (Å²) >= 11 is 1.53. The van der Waals surface area contributed by atoms with Gasteiger partial charge in [0.15, 0.2) is 5.82 Å². The molecule has 89 heavy (non-hydrogen) atoms. The van der Waals surface area contributed by atoms with E-state index in [2.05, 4.69) is 40.3 Å². The molecule has 3 aromatic carbocycles. The molecule has 5 N–H and O–H groups in total. The number of carboxylic acid groups (broad SMARTS) is 1. The van der Waals surface area contributed by atoms with Crippen molar-refractivity contribution in [1.82, 2.24) is 44.6 Å². The third-order valence-corrected chi connectivity index (χ3v) is 19.2. The zero-order chi connectivity index (χ0) is 63.3. The minimum Gasteiger partial charge on any atom is -0.480 e. The number of aryl methyl sites for hydroxylation is 1. The number of alkyl halides is 1. The predicted molar refractivity (Wildman–Crippen MR) is 327 cm³/mol. The second-order valence-corrected chi connectivity index (χ2v) is 26.7. The van der Waals surface area contributed by atoms with Crippen LogP contribution in [-0.2, 0) is 50.2 Å². The first kappa shape index (κ1) is 64.2. The average Bonchev–Trinajstić information content (AvgIpc) is 1.90. The fraction of sp³-hybridized carbons (Fsp3) is 0.452. The van der Waals surface area contributed by atoms with Crippen LogP contribution in [0.2, 0.25) is 0 Å². The Kier molecular flexibility index (Phi) is 19.8. The van der Waals surface area contributed by atoms with E-state index in [1.165, 1.54) is 22.4 Å². The first-order valence-corrected chi connectivity index (χ1v) is 31.9. The number of piperidine rings is 1. The number of H-pyrrole nitrogens is 1. The van der Waals surface area contributed by atoms with Gasteiger partial charge in [-0.15, -0.1) is 11.3 Å². The lowest BCUT2D eigenvalue weighted by atomic mass is 9.85. The molecule has 474 valence electrons. The lowest BCUT2D eigenvalue weighted by Crippen LogP contribution is -2.59. The van der Waals surface area contributed by atoms with Gasteiger partial charge >= 0.3 is 22.1 Å². The van der Waals surface area contributed by atoms with E-state index in [9.17, 15) is 41.6 Å². The number of hydrogen-bond donors (Lipinski definition) is 5. The fourth-order valence-corrected chi connectivity index (χ4v) is 13.9. The van der Waals surface area contributed by atoms with Gasteiger partial charge in [0.25, 0.3) is 0 Å². The molecule has 4 saturated heterocycles. The van der Waals surface area contributed by atoms with Crippen molar-refractivity contribution in [1.29, 1.82) is 0 Å². The summed E-state index contributed by atoms with van der Waals surface area (Å²) in [5.74, 6) is -6.59. The Balaban J connectivity index is 0.696. The van der Waals surface area contributed by atoms with E-state index in [4.69, 9.17) is 14.6 Å². The second-order valence-electron chi connectivity index (χ2n) is 24.1. The predicted octanol–water partition coefficient (Wildman–Crippen LogP) is 6.17. The summed E-state index contributed by atoms with van der Waals surface area (Å²) in [6.07, 6.45) is 2.55. The molecule has 4 fully saturated rings. The largest absolute Gasteiger partial charge is 0.480 e. The van der Waals surface area contributed by atoms with E-state index in [0.717, 1.165) is 95.0 Å². The van der Waals surface area contributed by atoms with Crippen LogP contribution in [-0.4, -0.2) is 192 Å². The SMILES string of the molecule is Cc1ncsc1-c1ccc(CNC(=O)[C@@H]2C[C@@H](OC(=O)COCC(=O)O)CN2C(=O)[C@@H](NC(=O)CN2CCN(CC3CCN(c4ccc(-c5cnc6[nH]cc(C(=O)c7c(F)ccc(NS(=O)(=O)N8CC[C@@H](F)C8)c7F)c6c5)cc4)CC3)CC2)C(C)(C)C)cc1. The number of amides is 3. The number of aliphatic carboxylic acids is 1. The van der Waals surface area contributed by atoms with Crippen molar-refractivity contribution >= 4 is 79.4 Å². The van der Waals surface area contributed by atoms with E-state index < -0.39 is 112 Å². The lowest BCUT2D eigenvalue weighted by molar-refractivity contribution is -0.157. The molecule has 0 bridgehead atoms. The number of nitrogens with one attached hydrogen (secondary N) is 4. The number of carboxylic acids is 1. The van der Waals surface area contributed by atoms with Crippen LogP contribution in [0.5, 0.6) is 0 Å². The van der Waals surface area contributed by atoms with Gasteiger partial charge in [0.2, 0.25) is 23.5 Å². The maximum atomic E-state index is 15.9. The lowest BCUT2D eigenvalue weighted by Gasteiger charge is -2.39. The van der Waals surface area contributed by atoms with Crippen molar-refractivity contribution in [3.63, 3.8) is 0 Å². The zero-order valence-electron chi connectivity index (χ0n) is 49.8. The van der Waals surface area contributed by atoms with Crippen LogP contribution in [0.25, 0.3) is 32.6 Å². The highest BCUT2D eigenvalue weighted by atomic mass is 32.2. The van der Waals surface area contributed by atoms with Crippen LogP contribution < -0.4 is 20.3 Å². The molecule has 4 aliphatic heterocycles. The van der Waals surface area contributed by atoms with Gasteiger partial charge in [-0.1, -0.05) is 57.2 Å². The Labute approximate surface area is 517 Å². The van der Waals surface area contributed by atoms with Gasteiger partial charge in [0, 0.05) is 106 Å². The van der Waals surface area contributed by atoms with E-state index in [1.54, 1.807) is 17.8 Å². The number of esters is 1. The number of aromatic nitrogens is 3. The van der Waals surface area contributed by atoms with Gasteiger partial charge in [-0.25, -0.2) is 32.7 Å². The molecule has 22 nitrogen and oxygen atoms in total. The molecule has 7 heterocycles. The number of benzene rings is 3. The molecule has 3 aromatic heterocycles. The van der Waals surface area contributed by atoms with Crippen molar-refractivity contribution < 1.29 is 64.9 Å². The number of piperazine rings is 1. The van der Waals surface area contributed by atoms with Crippen molar-refractivity contribution in [2.24, 2.45) is 11.3 Å². The molecule has 10 rings (SSSR count). The number of carbonyl (C=O) groups is 6. The first-order chi connectivity index (χ1) is 42.5. The number of carbonyl (C=O) groups excluding carboxylic acids is 5. The summed E-state index contributed by atoms with van der Waals surface area (Å²) < 4.78 is 84.0. The Bertz CT molecular complexity index is 3700. The number of rotatable bonds is 22. The van der Waals surface area contributed by atoms with Crippen LogP contribution in [0, 0.1) is 29.9 Å². The van der Waals surface area contributed by atoms with E-state index >= 15 is 8.78 Å². The topological polar surface area (TPSA) is 269 Å². The molecule has 3 amide bonds. The normalized spacial score (nSPS) is 19.3. The molecule has 4 atom stereocenters. The highest BCUT2D eigenvalue weighted by Gasteiger charge is 2.46. The van der Waals surface area contributed by atoms with E-state index in [-0.39, 0.29) is 50.5 Å². The minimum absolute atomic E-state index is 0.0144. The number of anilines is 2. The molecule has 0 aliphatic carbocycles. The fourth-order valence-electron chi connectivity index (χ4n) is 11.9. The number of pyridine rings is 1. The van der Waals surface area contributed by atoms with Crippen molar-refractivity contribution in [3.05, 3.63) is 119 Å². The van der Waals surface area contributed by atoms with E-state index in [1.807, 2.05) is 80.9 Å². The Morgan fingerprint density at radius 3 is 2.22 bits per heavy atom. The van der Waals surface area contributed by atoms with Crippen LogP contribution in [0.4, 0.5) is 24.5 Å². The first-order valence-electron chi connectivity index (χ1n) is 29.6. The molecule has 0 spiro atoms. The van der Waals surface area contributed by atoms with Crippen molar-refractivity contribution in [3.8, 4) is 21.6 Å². The Morgan fingerprint density at radius 2 is 1.56 bits per heavy atom. The van der Waals surface area contributed by atoms with Crippen LogP contribution in [0.3, 0.4) is 0 Å². The van der Waals surface area contributed by atoms with Gasteiger partial charge in [-0.05, 0) is 84.5 Å². The number of aromatic amines is 1. The van der Waals surface area contributed by atoms with Gasteiger partial charge < -0.3 is 44.9 Å². The molecule has 27 heteroatoms. The maximum Gasteiger partial charge on any atom is 0.332 e. The molecule has 4 aliphatic rings. The summed E-state index contributed by atoms with van der Waals surface area (Å²) in [4.78, 5) is 101. The third-order valence-electron chi connectivity index (χ3n) is 16.7. The molecule has 6 aromatic rings. The van der Waals surface area contributed by atoms with Gasteiger partial charge in [0.05, 0.1) is 40.4 Å². The molecular formula is C62H72F3N11O11S2. The van der Waals surface area contributed by atoms with Gasteiger partial charge in [-0.2, -0.15) is 12.7 Å². The van der Waals surface area contributed by atoms with E-state index in [0.29, 0.717) is 35.6 Å². The maximum absolute atomic E-state index is 15.9. The van der Waals surface area contributed by atoms with Crippen LogP contribution in [0.1, 0.15) is 73.6 Å². The number of ether oxygens (including phenoxy) is 2. The van der Waals surface area contributed by atoms with Crippen LogP contribution in [0.15, 0.2) is 84.6 Å².